The quantitative estimate of drug-likeness (QED) is 0.928. The van der Waals surface area contributed by atoms with Crippen LogP contribution in [-0.4, -0.2) is 30.7 Å². The smallest absolute Gasteiger partial charge is 0.335 e. The molecule has 0 radical (unpaired) electrons. The van der Waals surface area contributed by atoms with Crippen molar-refractivity contribution in [3.05, 3.63) is 47.9 Å². The number of carboxylic acids is 1. The van der Waals surface area contributed by atoms with Crippen LogP contribution < -0.4 is 0 Å². The Morgan fingerprint density at radius 3 is 2.67 bits per heavy atom. The van der Waals surface area contributed by atoms with Crippen molar-refractivity contribution in [3.63, 3.8) is 0 Å². The van der Waals surface area contributed by atoms with E-state index in [1.165, 1.54) is 18.3 Å². The van der Waals surface area contributed by atoms with Gasteiger partial charge in [-0.3, -0.25) is 0 Å². The third-order valence-corrected chi connectivity index (χ3v) is 4.83. The van der Waals surface area contributed by atoms with Gasteiger partial charge in [0, 0.05) is 12.5 Å². The number of pyridine rings is 1. The summed E-state index contributed by atoms with van der Waals surface area (Å²) in [5.74, 6) is -1.84. The monoisotopic (exact) mass is 327 g/mol. The van der Waals surface area contributed by atoms with E-state index in [0.717, 1.165) is 36.2 Å². The molecule has 21 heavy (non-hydrogen) atoms. The highest BCUT2D eigenvalue weighted by Crippen LogP contribution is 2.33. The van der Waals surface area contributed by atoms with E-state index in [1.807, 2.05) is 0 Å². The van der Waals surface area contributed by atoms with Gasteiger partial charge in [-0.1, -0.05) is 11.8 Å². The van der Waals surface area contributed by atoms with Crippen LogP contribution in [0.1, 0.15) is 10.4 Å². The van der Waals surface area contributed by atoms with Gasteiger partial charge in [0.05, 0.1) is 15.4 Å². The molecule has 0 unspecified atom stereocenters. The summed E-state index contributed by atoms with van der Waals surface area (Å²) in [5.41, 5.74) is -0.0873. The van der Waals surface area contributed by atoms with E-state index in [9.17, 15) is 17.6 Å². The fraction of sp³-hybridized carbons (Fsp3) is 0.0769. The highest BCUT2D eigenvalue weighted by atomic mass is 32.2. The number of aromatic nitrogens is 1. The number of halogens is 1. The Morgan fingerprint density at radius 1 is 1.33 bits per heavy atom. The summed E-state index contributed by atoms with van der Waals surface area (Å²) < 4.78 is 37.1. The van der Waals surface area contributed by atoms with Gasteiger partial charge in [-0.25, -0.2) is 22.6 Å². The van der Waals surface area contributed by atoms with Crippen LogP contribution in [0.4, 0.5) is 4.39 Å². The number of hydrogen-bond acceptors (Lipinski definition) is 5. The highest BCUT2D eigenvalue weighted by Gasteiger charge is 2.17. The van der Waals surface area contributed by atoms with Gasteiger partial charge >= 0.3 is 5.97 Å². The zero-order valence-corrected chi connectivity index (χ0v) is 12.4. The lowest BCUT2D eigenvalue weighted by Gasteiger charge is -2.07. The van der Waals surface area contributed by atoms with Crippen LogP contribution in [-0.2, 0) is 9.84 Å². The first-order valence-electron chi connectivity index (χ1n) is 5.65. The van der Waals surface area contributed by atoms with E-state index in [4.69, 9.17) is 5.11 Å². The zero-order chi connectivity index (χ0) is 15.6. The molecule has 0 fully saturated rings. The fourth-order valence-electron chi connectivity index (χ4n) is 1.55. The van der Waals surface area contributed by atoms with E-state index in [0.29, 0.717) is 0 Å². The number of nitrogens with zero attached hydrogens (tertiary/aromatic N) is 1. The maximum Gasteiger partial charge on any atom is 0.335 e. The number of rotatable bonds is 4. The summed E-state index contributed by atoms with van der Waals surface area (Å²) in [5, 5.41) is 9.01. The lowest BCUT2D eigenvalue weighted by molar-refractivity contribution is 0.0696. The summed E-state index contributed by atoms with van der Waals surface area (Å²) in [7, 11) is -3.51. The summed E-state index contributed by atoms with van der Waals surface area (Å²) in [6, 6.07) is 6.13. The Labute approximate surface area is 124 Å². The van der Waals surface area contributed by atoms with Crippen molar-refractivity contribution in [2.45, 2.75) is 14.8 Å². The maximum absolute atomic E-state index is 13.8. The van der Waals surface area contributed by atoms with Crippen molar-refractivity contribution in [3.8, 4) is 0 Å². The molecule has 0 aliphatic rings. The molecule has 5 nitrogen and oxygen atoms in total. The van der Waals surface area contributed by atoms with Gasteiger partial charge in [-0.15, -0.1) is 0 Å². The summed E-state index contributed by atoms with van der Waals surface area (Å²) in [4.78, 5) is 14.8. The first-order chi connectivity index (χ1) is 9.79. The second-order valence-corrected chi connectivity index (χ2v) is 7.15. The van der Waals surface area contributed by atoms with Crippen LogP contribution in [0.3, 0.4) is 0 Å². The molecule has 2 aromatic rings. The van der Waals surface area contributed by atoms with Gasteiger partial charge in [-0.05, 0) is 30.3 Å². The molecule has 0 aliphatic carbocycles. The van der Waals surface area contributed by atoms with Crippen LogP contribution in [0.25, 0.3) is 0 Å². The molecule has 2 rings (SSSR count). The Hall–Kier alpha value is -1.93. The molecular formula is C13H10FNO4S2. The molecule has 0 spiro atoms. The van der Waals surface area contributed by atoms with Crippen molar-refractivity contribution in [2.24, 2.45) is 0 Å². The molecule has 8 heteroatoms. The van der Waals surface area contributed by atoms with Gasteiger partial charge in [0.2, 0.25) is 0 Å². The predicted molar refractivity (Wildman–Crippen MR) is 74.8 cm³/mol. The average Bonchev–Trinajstić information content (AvgIpc) is 2.40. The van der Waals surface area contributed by atoms with Crippen molar-refractivity contribution >= 4 is 27.6 Å². The van der Waals surface area contributed by atoms with E-state index < -0.39 is 21.6 Å². The maximum atomic E-state index is 13.8. The average molecular weight is 327 g/mol. The third kappa shape index (κ3) is 3.59. The number of sulfone groups is 1. The van der Waals surface area contributed by atoms with Crippen LogP contribution >= 0.6 is 11.8 Å². The SMILES string of the molecule is CS(=O)(=O)c1cccnc1Sc1cc(C(=O)O)ccc1F. The Morgan fingerprint density at radius 2 is 2.05 bits per heavy atom. The minimum atomic E-state index is -3.51. The first-order valence-corrected chi connectivity index (χ1v) is 8.35. The van der Waals surface area contributed by atoms with Crippen LogP contribution in [0.15, 0.2) is 51.3 Å². The molecule has 1 aromatic heterocycles. The Balaban J connectivity index is 2.49. The van der Waals surface area contributed by atoms with E-state index in [-0.39, 0.29) is 20.4 Å². The molecule has 110 valence electrons. The van der Waals surface area contributed by atoms with Crippen molar-refractivity contribution in [1.29, 1.82) is 0 Å². The molecule has 0 bridgehead atoms. The molecule has 1 heterocycles. The molecule has 1 N–H and O–H groups in total. The Bertz CT molecular complexity index is 806. The lowest BCUT2D eigenvalue weighted by Crippen LogP contribution is -2.01. The molecule has 0 aliphatic heterocycles. The van der Waals surface area contributed by atoms with Crippen molar-refractivity contribution in [1.82, 2.24) is 4.98 Å². The normalized spacial score (nSPS) is 11.3. The molecule has 0 saturated carbocycles. The first kappa shape index (κ1) is 15.5. The molecule has 1 aromatic carbocycles. The van der Waals surface area contributed by atoms with Gasteiger partial charge in [0.15, 0.2) is 9.84 Å². The largest absolute Gasteiger partial charge is 0.478 e. The van der Waals surface area contributed by atoms with Gasteiger partial charge in [0.1, 0.15) is 10.8 Å². The molecule has 0 atom stereocenters. The van der Waals surface area contributed by atoms with Crippen molar-refractivity contribution in [2.75, 3.05) is 6.26 Å². The molecule has 0 saturated heterocycles. The minimum Gasteiger partial charge on any atom is -0.478 e. The van der Waals surface area contributed by atoms with Gasteiger partial charge < -0.3 is 5.11 Å². The van der Waals surface area contributed by atoms with E-state index in [2.05, 4.69) is 4.98 Å². The number of hydrogen-bond donors (Lipinski definition) is 1. The number of carbonyl (C=O) groups is 1. The van der Waals surface area contributed by atoms with Crippen LogP contribution in [0.5, 0.6) is 0 Å². The van der Waals surface area contributed by atoms with Crippen LogP contribution in [0, 0.1) is 5.82 Å². The summed E-state index contributed by atoms with van der Waals surface area (Å²) >= 11 is 0.771. The van der Waals surface area contributed by atoms with Gasteiger partial charge in [0.25, 0.3) is 0 Å². The van der Waals surface area contributed by atoms with E-state index >= 15 is 0 Å². The Kier molecular flexibility index (Phi) is 4.29. The lowest BCUT2D eigenvalue weighted by atomic mass is 10.2. The van der Waals surface area contributed by atoms with Crippen molar-refractivity contribution < 1.29 is 22.7 Å². The standard InChI is InChI=1S/C13H10FNO4S2/c1-21(18,19)11-3-2-6-15-12(11)20-10-7-8(13(16)17)4-5-9(10)14/h2-7H,1H3,(H,16,17). The molecular weight excluding hydrogens is 317 g/mol. The number of aromatic carboxylic acids is 1. The topological polar surface area (TPSA) is 84.3 Å². The van der Waals surface area contributed by atoms with E-state index in [1.54, 1.807) is 0 Å². The van der Waals surface area contributed by atoms with Gasteiger partial charge in [-0.2, -0.15) is 0 Å². The third-order valence-electron chi connectivity index (χ3n) is 2.52. The molecule has 0 amide bonds. The second kappa shape index (κ2) is 5.82. The van der Waals surface area contributed by atoms with Crippen LogP contribution in [0.2, 0.25) is 0 Å². The number of benzene rings is 1. The number of carboxylic acid groups (broad SMARTS) is 1. The zero-order valence-electron chi connectivity index (χ0n) is 10.8. The predicted octanol–water partition coefficient (Wildman–Crippen LogP) is 2.47. The highest BCUT2D eigenvalue weighted by molar-refractivity contribution is 8.00. The summed E-state index contributed by atoms with van der Waals surface area (Å²) in [6.07, 6.45) is 2.41. The second-order valence-electron chi connectivity index (χ2n) is 4.13. The summed E-state index contributed by atoms with van der Waals surface area (Å²) in [6.45, 7) is 0. The fourth-order valence-corrected chi connectivity index (χ4v) is 3.67. The minimum absolute atomic E-state index is 0.00139.